The van der Waals surface area contributed by atoms with Crippen LogP contribution in [0, 0.1) is 0 Å². The predicted octanol–water partition coefficient (Wildman–Crippen LogP) is 16.8. The zero-order chi connectivity index (χ0) is 41.7. The van der Waals surface area contributed by atoms with Crippen LogP contribution in [0.25, 0.3) is 93.9 Å². The average Bonchev–Trinajstić information content (AvgIpc) is 3.92. The number of fused-ring (bicyclic) bond motifs is 6. The topological polar surface area (TPSA) is 21.3 Å². The van der Waals surface area contributed by atoms with E-state index in [2.05, 4.69) is 252 Å². The van der Waals surface area contributed by atoms with E-state index in [0.717, 1.165) is 72.5 Å². The smallest absolute Gasteiger partial charge is 0.145 e. The molecule has 0 aliphatic carbocycles. The van der Waals surface area contributed by atoms with Crippen molar-refractivity contribution in [3.8, 4) is 50.2 Å². The normalized spacial score (nSPS) is 11.5. The summed E-state index contributed by atoms with van der Waals surface area (Å²) in [6, 6.07) is 87.0. The summed E-state index contributed by atoms with van der Waals surface area (Å²) in [5.41, 5.74) is 17.5. The number of para-hydroxylation sites is 3. The highest BCUT2D eigenvalue weighted by atomic mass is 16.3. The van der Waals surface area contributed by atoms with Gasteiger partial charge in [0.25, 0.3) is 0 Å². The highest BCUT2D eigenvalue weighted by Crippen LogP contribution is 2.47. The first kappa shape index (κ1) is 36.5. The van der Waals surface area contributed by atoms with E-state index in [-0.39, 0.29) is 0 Å². The van der Waals surface area contributed by atoms with Crippen LogP contribution in [0.3, 0.4) is 0 Å². The molecule has 63 heavy (non-hydrogen) atoms. The first-order chi connectivity index (χ1) is 31.2. The van der Waals surface area contributed by atoms with Crippen LogP contribution in [0.5, 0.6) is 0 Å². The van der Waals surface area contributed by atoms with Crippen LogP contribution in [-0.2, 0) is 0 Å². The molecule has 0 saturated carbocycles. The van der Waals surface area contributed by atoms with E-state index in [1.165, 1.54) is 38.5 Å². The molecule has 0 fully saturated rings. The number of anilines is 3. The quantitative estimate of drug-likeness (QED) is 0.153. The molecule has 0 amide bonds. The van der Waals surface area contributed by atoms with Crippen molar-refractivity contribution in [3.05, 3.63) is 243 Å². The van der Waals surface area contributed by atoms with Gasteiger partial charge in [-0.05, 0) is 112 Å². The molecule has 0 radical (unpaired) electrons. The van der Waals surface area contributed by atoms with Crippen LogP contribution >= 0.6 is 0 Å². The highest BCUT2D eigenvalue weighted by molar-refractivity contribution is 6.17. The number of nitrogens with zero attached hydrogens (tertiary/aromatic N) is 2. The van der Waals surface area contributed by atoms with Crippen LogP contribution in [0.2, 0.25) is 0 Å². The first-order valence-corrected chi connectivity index (χ1v) is 21.5. The summed E-state index contributed by atoms with van der Waals surface area (Å²) in [6.45, 7) is 0. The van der Waals surface area contributed by atoms with Crippen LogP contribution in [0.1, 0.15) is 0 Å². The monoisotopic (exact) mass is 804 g/mol. The third-order valence-corrected chi connectivity index (χ3v) is 12.4. The van der Waals surface area contributed by atoms with E-state index in [4.69, 9.17) is 4.42 Å². The SMILES string of the molecule is c1ccc(-c2cccc(-c3cccc(N(c4cccc(-c5ccccc5)c4)c4ccc(-c5ccc(-n6c7ccccc7c7ccccc76)cc5)c5oc6ccccc6c45)c3)c2)cc1. The van der Waals surface area contributed by atoms with Gasteiger partial charge in [-0.1, -0.05) is 170 Å². The Labute approximate surface area is 366 Å². The standard InChI is InChI=1S/C60H40N2O/c1-3-16-41(17-4-1)44-20-13-21-45(38-44)47-23-15-25-50(40-47)61(49-24-14-22-46(39-49)42-18-5-2-6-19-42)57-37-36-51(60-59(57)54-28-9-12-31-58(54)63-60)43-32-34-48(35-33-43)62-55-29-10-7-26-52(55)53-27-8-11-30-56(53)62/h1-40H. The summed E-state index contributed by atoms with van der Waals surface area (Å²) in [5, 5.41) is 4.64. The summed E-state index contributed by atoms with van der Waals surface area (Å²) >= 11 is 0. The van der Waals surface area contributed by atoms with E-state index in [1.807, 2.05) is 0 Å². The Bertz CT molecular complexity index is 3570. The van der Waals surface area contributed by atoms with Crippen molar-refractivity contribution < 1.29 is 4.42 Å². The van der Waals surface area contributed by atoms with E-state index in [0.29, 0.717) is 0 Å². The maximum atomic E-state index is 6.93. The minimum absolute atomic E-state index is 0.854. The largest absolute Gasteiger partial charge is 0.455 e. The van der Waals surface area contributed by atoms with Crippen molar-refractivity contribution in [1.82, 2.24) is 4.57 Å². The van der Waals surface area contributed by atoms with Crippen molar-refractivity contribution in [2.45, 2.75) is 0 Å². The summed E-state index contributed by atoms with van der Waals surface area (Å²) in [7, 11) is 0. The van der Waals surface area contributed by atoms with Gasteiger partial charge in [0, 0.05) is 38.8 Å². The van der Waals surface area contributed by atoms with Crippen molar-refractivity contribution in [3.63, 3.8) is 0 Å². The van der Waals surface area contributed by atoms with Crippen molar-refractivity contribution in [2.75, 3.05) is 4.90 Å². The number of rotatable bonds is 8. The third kappa shape index (κ3) is 6.38. The molecule has 0 spiro atoms. The number of aromatic nitrogens is 1. The minimum atomic E-state index is 0.854. The van der Waals surface area contributed by atoms with Gasteiger partial charge < -0.3 is 13.9 Å². The lowest BCUT2D eigenvalue weighted by molar-refractivity contribution is 0.670. The van der Waals surface area contributed by atoms with Crippen molar-refractivity contribution in [2.24, 2.45) is 0 Å². The molecule has 2 aromatic heterocycles. The molecule has 0 N–H and O–H groups in total. The van der Waals surface area contributed by atoms with Gasteiger partial charge in [-0.3, -0.25) is 0 Å². The Morgan fingerprint density at radius 1 is 0.333 bits per heavy atom. The molecule has 0 atom stereocenters. The second-order valence-electron chi connectivity index (χ2n) is 16.1. The van der Waals surface area contributed by atoms with E-state index in [9.17, 15) is 0 Å². The van der Waals surface area contributed by atoms with Gasteiger partial charge in [0.15, 0.2) is 0 Å². The van der Waals surface area contributed by atoms with Crippen LogP contribution in [0.4, 0.5) is 17.1 Å². The van der Waals surface area contributed by atoms with Crippen LogP contribution in [-0.4, -0.2) is 4.57 Å². The fraction of sp³-hybridized carbons (Fsp3) is 0. The van der Waals surface area contributed by atoms with Gasteiger partial charge in [0.1, 0.15) is 11.2 Å². The molecule has 10 aromatic carbocycles. The Morgan fingerprint density at radius 2 is 0.810 bits per heavy atom. The molecule has 2 heterocycles. The van der Waals surface area contributed by atoms with Crippen LogP contribution in [0.15, 0.2) is 247 Å². The second-order valence-corrected chi connectivity index (χ2v) is 16.1. The molecule has 12 aromatic rings. The molecule has 0 aliphatic rings. The summed E-state index contributed by atoms with van der Waals surface area (Å²) in [5.74, 6) is 0. The van der Waals surface area contributed by atoms with Gasteiger partial charge >= 0.3 is 0 Å². The Balaban J connectivity index is 1.03. The summed E-state index contributed by atoms with van der Waals surface area (Å²) in [4.78, 5) is 2.40. The zero-order valence-electron chi connectivity index (χ0n) is 34.4. The predicted molar refractivity (Wildman–Crippen MR) is 264 cm³/mol. The average molecular weight is 805 g/mol. The molecule has 0 saturated heterocycles. The van der Waals surface area contributed by atoms with Crippen LogP contribution < -0.4 is 4.90 Å². The van der Waals surface area contributed by atoms with Gasteiger partial charge in [-0.2, -0.15) is 0 Å². The maximum absolute atomic E-state index is 6.93. The first-order valence-electron chi connectivity index (χ1n) is 21.5. The Morgan fingerprint density at radius 3 is 1.43 bits per heavy atom. The number of benzene rings is 10. The molecule has 0 aliphatic heterocycles. The van der Waals surface area contributed by atoms with Gasteiger partial charge in [-0.15, -0.1) is 0 Å². The summed E-state index contributed by atoms with van der Waals surface area (Å²) in [6.07, 6.45) is 0. The Kier molecular flexibility index (Phi) is 8.83. The van der Waals surface area contributed by atoms with Gasteiger partial charge in [0.2, 0.25) is 0 Å². The highest BCUT2D eigenvalue weighted by Gasteiger charge is 2.23. The second kappa shape index (κ2) is 15.3. The molecule has 0 unspecified atom stereocenters. The molecule has 12 rings (SSSR count). The fourth-order valence-corrected chi connectivity index (χ4v) is 9.43. The lowest BCUT2D eigenvalue weighted by atomic mass is 9.97. The van der Waals surface area contributed by atoms with Gasteiger partial charge in [-0.25, -0.2) is 0 Å². The van der Waals surface area contributed by atoms with Crippen molar-refractivity contribution >= 4 is 60.8 Å². The number of furan rings is 1. The minimum Gasteiger partial charge on any atom is -0.455 e. The van der Waals surface area contributed by atoms with Gasteiger partial charge in [0.05, 0.1) is 22.1 Å². The zero-order valence-corrected chi connectivity index (χ0v) is 34.4. The molecule has 0 bridgehead atoms. The van der Waals surface area contributed by atoms with E-state index >= 15 is 0 Å². The number of hydrogen-bond acceptors (Lipinski definition) is 2. The van der Waals surface area contributed by atoms with Crippen molar-refractivity contribution in [1.29, 1.82) is 0 Å². The molecule has 3 nitrogen and oxygen atoms in total. The van der Waals surface area contributed by atoms with E-state index in [1.54, 1.807) is 0 Å². The lowest BCUT2D eigenvalue weighted by Crippen LogP contribution is -2.10. The third-order valence-electron chi connectivity index (χ3n) is 12.4. The molecular formula is C60H40N2O. The molecular weight excluding hydrogens is 765 g/mol. The lowest BCUT2D eigenvalue weighted by Gasteiger charge is -2.27. The molecule has 3 heteroatoms. The number of hydrogen-bond donors (Lipinski definition) is 0. The summed E-state index contributed by atoms with van der Waals surface area (Å²) < 4.78 is 9.29. The Hall–Kier alpha value is -8.40. The van der Waals surface area contributed by atoms with E-state index < -0.39 is 0 Å². The molecule has 296 valence electrons. The maximum Gasteiger partial charge on any atom is 0.145 e. The fourth-order valence-electron chi connectivity index (χ4n) is 9.43.